The van der Waals surface area contributed by atoms with E-state index in [9.17, 15) is 28.5 Å². The summed E-state index contributed by atoms with van der Waals surface area (Å²) in [7, 11) is -2.17. The van der Waals surface area contributed by atoms with Crippen LogP contribution in [0, 0.1) is 0 Å². The number of nitrogens with zero attached hydrogens (tertiary/aromatic N) is 6. The Balaban J connectivity index is 0.000000555. The van der Waals surface area contributed by atoms with Crippen molar-refractivity contribution in [2.45, 2.75) is 24.5 Å². The van der Waals surface area contributed by atoms with E-state index in [0.717, 1.165) is 0 Å². The summed E-state index contributed by atoms with van der Waals surface area (Å²) >= 11 is 0. The molecule has 4 atom stereocenters. The van der Waals surface area contributed by atoms with Crippen molar-refractivity contribution < 1.29 is 37.8 Å². The molecule has 0 aliphatic carbocycles. The minimum Gasteiger partial charge on any atom is -0.394 e. The van der Waals surface area contributed by atoms with Crippen LogP contribution in [0.3, 0.4) is 0 Å². The van der Waals surface area contributed by atoms with E-state index in [1.165, 1.54) is 35.0 Å². The van der Waals surface area contributed by atoms with Gasteiger partial charge in [0.25, 0.3) is 22.0 Å². The van der Waals surface area contributed by atoms with Crippen LogP contribution in [-0.2, 0) is 14.9 Å². The van der Waals surface area contributed by atoms with Gasteiger partial charge < -0.3 is 31.1 Å². The molecule has 1 amide bonds. The first kappa shape index (κ1) is 24.4. The van der Waals surface area contributed by atoms with E-state index in [2.05, 4.69) is 25.4 Å². The Labute approximate surface area is 186 Å². The number of imidazole rings is 1. The number of amides is 1. The fourth-order valence-electron chi connectivity index (χ4n) is 3.02. The highest BCUT2D eigenvalue weighted by molar-refractivity contribution is 7.85. The maximum atomic E-state index is 11.7. The van der Waals surface area contributed by atoms with Crippen LogP contribution < -0.4 is 11.1 Å². The minimum absolute atomic E-state index is 0.0579. The molecule has 4 rings (SSSR count). The van der Waals surface area contributed by atoms with Crippen molar-refractivity contribution in [3.8, 4) is 5.95 Å². The lowest BCUT2D eigenvalue weighted by atomic mass is 10.1. The lowest BCUT2D eigenvalue weighted by Gasteiger charge is -2.16. The first-order valence-electron chi connectivity index (χ1n) is 9.26. The Morgan fingerprint density at radius 1 is 1.30 bits per heavy atom. The van der Waals surface area contributed by atoms with Crippen LogP contribution in [0.15, 0.2) is 18.7 Å². The van der Waals surface area contributed by atoms with Gasteiger partial charge in [-0.15, -0.1) is 0 Å². The number of fused-ring (bicyclic) bond motifs is 1. The maximum Gasteiger partial charge on any atom is 0.261 e. The van der Waals surface area contributed by atoms with E-state index >= 15 is 0 Å². The molecular formula is C16H22N8O8S. The van der Waals surface area contributed by atoms with Crippen LogP contribution in [0.1, 0.15) is 16.6 Å². The zero-order valence-corrected chi connectivity index (χ0v) is 18.2. The van der Waals surface area contributed by atoms with E-state index in [1.54, 1.807) is 0 Å². The molecular weight excluding hydrogens is 464 g/mol. The second-order valence-electron chi connectivity index (χ2n) is 6.95. The molecule has 0 aromatic carbocycles. The number of ether oxygens (including phenoxy) is 1. The third kappa shape index (κ3) is 5.24. The van der Waals surface area contributed by atoms with Crippen LogP contribution in [0.4, 0.5) is 5.82 Å². The summed E-state index contributed by atoms with van der Waals surface area (Å²) in [6, 6.07) is 0. The van der Waals surface area contributed by atoms with Gasteiger partial charge in [0.1, 0.15) is 23.8 Å². The fraction of sp³-hybridized carbons (Fsp3) is 0.438. The number of rotatable bonds is 4. The largest absolute Gasteiger partial charge is 0.394 e. The molecule has 0 unspecified atom stereocenters. The van der Waals surface area contributed by atoms with E-state index in [1.807, 2.05) is 0 Å². The molecule has 0 bridgehead atoms. The summed E-state index contributed by atoms with van der Waals surface area (Å²) in [5.41, 5.74) is 6.78. The Kier molecular flexibility index (Phi) is 6.91. The van der Waals surface area contributed by atoms with Crippen LogP contribution in [-0.4, -0.2) is 102 Å². The second kappa shape index (κ2) is 9.33. The third-order valence-electron chi connectivity index (χ3n) is 4.50. The molecule has 4 heterocycles. The molecule has 1 saturated heterocycles. The average molecular weight is 486 g/mol. The zero-order valence-electron chi connectivity index (χ0n) is 17.3. The molecule has 33 heavy (non-hydrogen) atoms. The minimum atomic E-state index is -3.67. The van der Waals surface area contributed by atoms with Gasteiger partial charge in [-0.1, -0.05) is 0 Å². The molecule has 16 nitrogen and oxygen atoms in total. The normalized spacial score (nSPS) is 22.7. The van der Waals surface area contributed by atoms with Crippen LogP contribution in [0.25, 0.3) is 17.1 Å². The summed E-state index contributed by atoms with van der Waals surface area (Å²) in [4.78, 5) is 24.4. The Morgan fingerprint density at radius 2 is 1.97 bits per heavy atom. The number of carbonyl (C=O) groups is 1. The van der Waals surface area contributed by atoms with Gasteiger partial charge in [-0.05, 0) is 0 Å². The van der Waals surface area contributed by atoms with Crippen molar-refractivity contribution in [3.05, 3.63) is 24.3 Å². The van der Waals surface area contributed by atoms with Crippen molar-refractivity contribution in [3.63, 3.8) is 0 Å². The summed E-state index contributed by atoms with van der Waals surface area (Å²) in [5.74, 6) is -0.187. The number of aromatic nitrogens is 6. The van der Waals surface area contributed by atoms with Gasteiger partial charge >= 0.3 is 0 Å². The number of carbonyl (C=O) groups excluding carboxylic acids is 1. The van der Waals surface area contributed by atoms with Crippen molar-refractivity contribution in [2.75, 3.05) is 25.6 Å². The van der Waals surface area contributed by atoms with Gasteiger partial charge in [0, 0.05) is 13.2 Å². The summed E-state index contributed by atoms with van der Waals surface area (Å²) in [6.45, 7) is -0.459. The predicted molar refractivity (Wildman–Crippen MR) is 111 cm³/mol. The van der Waals surface area contributed by atoms with Crippen LogP contribution in [0.5, 0.6) is 0 Å². The molecule has 0 spiro atoms. The highest BCUT2D eigenvalue weighted by Gasteiger charge is 2.44. The van der Waals surface area contributed by atoms with Crippen molar-refractivity contribution in [2.24, 2.45) is 0 Å². The van der Waals surface area contributed by atoms with E-state index in [4.69, 9.17) is 15.0 Å². The highest BCUT2D eigenvalue weighted by Crippen LogP contribution is 2.32. The summed E-state index contributed by atoms with van der Waals surface area (Å²) < 4.78 is 34.1. The first-order valence-corrected chi connectivity index (χ1v) is 11.1. The lowest BCUT2D eigenvalue weighted by molar-refractivity contribution is -0.0511. The fourth-order valence-corrected chi connectivity index (χ4v) is 3.02. The first-order chi connectivity index (χ1) is 15.4. The summed E-state index contributed by atoms with van der Waals surface area (Å²) in [5, 5.41) is 36.1. The van der Waals surface area contributed by atoms with Gasteiger partial charge in [-0.25, -0.2) is 9.67 Å². The van der Waals surface area contributed by atoms with Gasteiger partial charge in [0.05, 0.1) is 31.0 Å². The predicted octanol–water partition coefficient (Wildman–Crippen LogP) is -2.93. The van der Waals surface area contributed by atoms with Crippen LogP contribution in [0.2, 0.25) is 0 Å². The highest BCUT2D eigenvalue weighted by atomic mass is 32.2. The molecule has 7 N–H and O–H groups in total. The zero-order chi connectivity index (χ0) is 24.5. The molecule has 0 saturated carbocycles. The third-order valence-corrected chi connectivity index (χ3v) is 4.50. The van der Waals surface area contributed by atoms with Gasteiger partial charge in [0.2, 0.25) is 0 Å². The quantitative estimate of drug-likeness (QED) is 0.203. The number of aliphatic hydroxyl groups excluding tert-OH is 3. The number of hydrogen-bond acceptors (Lipinski definition) is 12. The Bertz CT molecular complexity index is 1250. The van der Waals surface area contributed by atoms with Gasteiger partial charge in [0.15, 0.2) is 17.7 Å². The standard InChI is InChI=1S/C15H18N8O5.CH4O3S/c1-17-13(27)6-2-19-23(3-6)15-20-11(16)8-12(21-15)22(5-18-8)14-10(26)9(25)7(4-24)28-14;1-5(2,3)4/h2-3,5,7,9-10,14,24-26H,4H2,1H3,(H,17,27)(H2,16,20,21);1H3,(H,2,3,4)/t7-,9-,10-,14-;/m1./s1. The topological polar surface area (TPSA) is 241 Å². The smallest absolute Gasteiger partial charge is 0.261 e. The second-order valence-corrected chi connectivity index (χ2v) is 8.41. The van der Waals surface area contributed by atoms with Gasteiger partial charge in [-0.2, -0.15) is 23.5 Å². The molecule has 17 heteroatoms. The van der Waals surface area contributed by atoms with Crippen molar-refractivity contribution in [1.82, 2.24) is 34.6 Å². The summed E-state index contributed by atoms with van der Waals surface area (Å²) in [6.07, 6.45) is 0.298. The maximum absolute atomic E-state index is 11.7. The number of anilines is 1. The molecule has 1 aliphatic rings. The Hall–Kier alpha value is -3.22. The van der Waals surface area contributed by atoms with E-state index in [0.29, 0.717) is 11.8 Å². The van der Waals surface area contributed by atoms with Crippen molar-refractivity contribution >= 4 is 33.0 Å². The number of aliphatic hydroxyl groups is 3. The number of nitrogens with one attached hydrogen (secondary N) is 1. The van der Waals surface area contributed by atoms with Crippen molar-refractivity contribution in [1.29, 1.82) is 0 Å². The molecule has 1 fully saturated rings. The number of nitrogens with two attached hydrogens (primary N) is 1. The molecule has 0 radical (unpaired) electrons. The Morgan fingerprint density at radius 3 is 2.55 bits per heavy atom. The molecule has 1 aliphatic heterocycles. The van der Waals surface area contributed by atoms with E-state index < -0.39 is 41.3 Å². The van der Waals surface area contributed by atoms with Crippen LogP contribution >= 0.6 is 0 Å². The number of nitrogen functional groups attached to an aromatic ring is 1. The van der Waals surface area contributed by atoms with Gasteiger partial charge in [-0.3, -0.25) is 13.9 Å². The lowest BCUT2D eigenvalue weighted by Crippen LogP contribution is -2.33. The number of hydrogen-bond donors (Lipinski definition) is 6. The average Bonchev–Trinajstić information content (AvgIpc) is 3.45. The van der Waals surface area contributed by atoms with E-state index in [-0.39, 0.29) is 28.8 Å². The SMILES string of the molecule is CNC(=O)c1cnn(-c2nc(N)c3ncn([C@@H]4O[C@H](CO)[C@@H](O)[C@H]4O)c3n2)c1.CS(=O)(=O)O. The molecule has 3 aromatic heterocycles. The molecule has 3 aromatic rings. The molecule has 180 valence electrons. The monoisotopic (exact) mass is 486 g/mol.